The summed E-state index contributed by atoms with van der Waals surface area (Å²) >= 11 is 0. The molecule has 2 amide bonds. The first-order chi connectivity index (χ1) is 15.6. The molecule has 3 aromatic rings. The molecule has 0 aliphatic carbocycles. The van der Waals surface area contributed by atoms with Gasteiger partial charge in [0, 0.05) is 17.2 Å². The fourth-order valence-corrected chi connectivity index (χ4v) is 3.31. The molecule has 0 saturated carbocycles. The predicted molar refractivity (Wildman–Crippen MR) is 131 cm³/mol. The molecule has 1 heterocycles. The molecule has 172 valence electrons. The van der Waals surface area contributed by atoms with Crippen LogP contribution >= 0.6 is 0 Å². The van der Waals surface area contributed by atoms with Crippen molar-refractivity contribution in [3.05, 3.63) is 75.6 Å². The van der Waals surface area contributed by atoms with E-state index in [0.29, 0.717) is 11.4 Å². The topological polar surface area (TPSA) is 93.1 Å². The maximum absolute atomic E-state index is 13.2. The van der Waals surface area contributed by atoms with Gasteiger partial charge >= 0.3 is 0 Å². The van der Waals surface area contributed by atoms with Crippen molar-refractivity contribution in [2.75, 3.05) is 10.6 Å². The van der Waals surface area contributed by atoms with E-state index in [0.717, 1.165) is 26.9 Å². The molecule has 33 heavy (non-hydrogen) atoms. The van der Waals surface area contributed by atoms with Crippen LogP contribution in [-0.2, 0) is 9.59 Å². The van der Waals surface area contributed by atoms with Crippen LogP contribution in [0.15, 0.2) is 53.3 Å². The summed E-state index contributed by atoms with van der Waals surface area (Å²) in [6, 6.07) is 14.0. The Morgan fingerprint density at radius 2 is 1.42 bits per heavy atom. The number of carbonyl (C=O) groups excluding carboxylic acids is 2. The molecule has 7 heteroatoms. The van der Waals surface area contributed by atoms with E-state index in [1.54, 1.807) is 26.8 Å². The zero-order chi connectivity index (χ0) is 24.3. The van der Waals surface area contributed by atoms with Crippen molar-refractivity contribution in [2.45, 2.75) is 47.6 Å². The number of aryl methyl sites for hydroxylation is 3. The Balaban J connectivity index is 2.03. The third-order valence-corrected chi connectivity index (χ3v) is 5.45. The Morgan fingerprint density at radius 1 is 0.818 bits per heavy atom. The summed E-state index contributed by atoms with van der Waals surface area (Å²) < 4.78 is 1.13. The van der Waals surface area contributed by atoms with E-state index in [2.05, 4.69) is 15.7 Å². The van der Waals surface area contributed by atoms with E-state index in [4.69, 9.17) is 0 Å². The lowest BCUT2D eigenvalue weighted by molar-refractivity contribution is -0.119. The van der Waals surface area contributed by atoms with Gasteiger partial charge in [-0.1, -0.05) is 61.4 Å². The number of nitrogens with zero attached hydrogens (tertiary/aromatic N) is 2. The summed E-state index contributed by atoms with van der Waals surface area (Å²) in [6.45, 7) is 11.0. The smallest absolute Gasteiger partial charge is 0.291 e. The number of aromatic nitrogens is 2. The number of nitrogens with one attached hydrogen (secondary N) is 2. The Morgan fingerprint density at radius 3 is 2.03 bits per heavy atom. The number of hydrogen-bond donors (Lipinski definition) is 2. The summed E-state index contributed by atoms with van der Waals surface area (Å²) in [7, 11) is 0. The summed E-state index contributed by atoms with van der Waals surface area (Å²) in [5.41, 5.74) is 4.59. The van der Waals surface area contributed by atoms with Crippen molar-refractivity contribution in [2.24, 2.45) is 5.92 Å². The first kappa shape index (κ1) is 23.9. The second-order valence-electron chi connectivity index (χ2n) is 8.69. The molecular formula is C26H30N4O3. The lowest BCUT2D eigenvalue weighted by Gasteiger charge is -2.18. The molecule has 0 aliphatic heterocycles. The predicted octanol–water partition coefficient (Wildman–Crippen LogP) is 4.63. The second-order valence-corrected chi connectivity index (χ2v) is 8.69. The average molecular weight is 447 g/mol. The minimum Gasteiger partial charge on any atom is -0.324 e. The van der Waals surface area contributed by atoms with Crippen molar-refractivity contribution >= 4 is 23.2 Å². The van der Waals surface area contributed by atoms with Gasteiger partial charge in [0.2, 0.25) is 11.8 Å². The van der Waals surface area contributed by atoms with Crippen LogP contribution in [0, 0.1) is 26.7 Å². The van der Waals surface area contributed by atoms with Crippen molar-refractivity contribution in [3.63, 3.8) is 0 Å². The van der Waals surface area contributed by atoms with Gasteiger partial charge in [0.25, 0.3) is 5.56 Å². The SMILES string of the molecule is Cc1ccc(-c2cc(NC(=O)C(C)C)c(=O)n(C(C)C(=O)Nc3ccc(C)cc3C)n2)cc1. The van der Waals surface area contributed by atoms with Crippen molar-refractivity contribution < 1.29 is 9.59 Å². The molecule has 0 radical (unpaired) electrons. The van der Waals surface area contributed by atoms with Crippen LogP contribution in [-0.4, -0.2) is 21.6 Å². The van der Waals surface area contributed by atoms with Crippen LogP contribution in [0.25, 0.3) is 11.3 Å². The van der Waals surface area contributed by atoms with Crippen LogP contribution in [0.4, 0.5) is 11.4 Å². The zero-order valence-corrected chi connectivity index (χ0v) is 19.9. The van der Waals surface area contributed by atoms with Gasteiger partial charge in [-0.3, -0.25) is 14.4 Å². The molecule has 3 rings (SSSR count). The Bertz CT molecular complexity index is 1240. The van der Waals surface area contributed by atoms with Gasteiger partial charge in [0.1, 0.15) is 11.7 Å². The van der Waals surface area contributed by atoms with E-state index >= 15 is 0 Å². The van der Waals surface area contributed by atoms with E-state index in [1.165, 1.54) is 0 Å². The number of anilines is 2. The van der Waals surface area contributed by atoms with E-state index in [1.807, 2.05) is 63.2 Å². The van der Waals surface area contributed by atoms with Crippen LogP contribution in [0.2, 0.25) is 0 Å². The number of carbonyl (C=O) groups is 2. The minimum absolute atomic E-state index is 0.0884. The van der Waals surface area contributed by atoms with Gasteiger partial charge < -0.3 is 10.6 Å². The number of rotatable bonds is 6. The monoisotopic (exact) mass is 446 g/mol. The third kappa shape index (κ3) is 5.55. The molecule has 7 nitrogen and oxygen atoms in total. The van der Waals surface area contributed by atoms with Crippen molar-refractivity contribution in [1.29, 1.82) is 0 Å². The highest BCUT2D eigenvalue weighted by molar-refractivity contribution is 5.95. The van der Waals surface area contributed by atoms with Gasteiger partial charge in [-0.25, -0.2) is 4.68 Å². The van der Waals surface area contributed by atoms with Gasteiger partial charge in [0.15, 0.2) is 0 Å². The number of benzene rings is 2. The van der Waals surface area contributed by atoms with Gasteiger partial charge in [0.05, 0.1) is 5.69 Å². The third-order valence-electron chi connectivity index (χ3n) is 5.45. The largest absolute Gasteiger partial charge is 0.324 e. The van der Waals surface area contributed by atoms with E-state index in [-0.39, 0.29) is 23.4 Å². The maximum atomic E-state index is 13.2. The molecule has 0 aliphatic rings. The molecule has 0 spiro atoms. The normalized spacial score (nSPS) is 11.8. The van der Waals surface area contributed by atoms with Crippen LogP contribution in [0.1, 0.15) is 43.5 Å². The van der Waals surface area contributed by atoms with Crippen LogP contribution < -0.4 is 16.2 Å². The highest BCUT2D eigenvalue weighted by Crippen LogP contribution is 2.22. The summed E-state index contributed by atoms with van der Waals surface area (Å²) in [4.78, 5) is 38.5. The van der Waals surface area contributed by atoms with Crippen molar-refractivity contribution in [1.82, 2.24) is 9.78 Å². The summed E-state index contributed by atoms with van der Waals surface area (Å²) in [5, 5.41) is 10.0. The lowest BCUT2D eigenvalue weighted by atomic mass is 10.1. The first-order valence-corrected chi connectivity index (χ1v) is 11.0. The fourth-order valence-electron chi connectivity index (χ4n) is 3.31. The number of amides is 2. The highest BCUT2D eigenvalue weighted by Gasteiger charge is 2.22. The van der Waals surface area contributed by atoms with Gasteiger partial charge in [-0.2, -0.15) is 5.10 Å². The van der Waals surface area contributed by atoms with Crippen LogP contribution in [0.5, 0.6) is 0 Å². The molecule has 2 aromatic carbocycles. The summed E-state index contributed by atoms with van der Waals surface area (Å²) in [5.74, 6) is -0.968. The Labute approximate surface area is 193 Å². The second kappa shape index (κ2) is 9.81. The zero-order valence-electron chi connectivity index (χ0n) is 19.9. The van der Waals surface area contributed by atoms with E-state index < -0.39 is 11.6 Å². The molecule has 0 fully saturated rings. The molecule has 1 unspecified atom stereocenters. The standard InChI is InChI=1S/C26H30N4O3/c1-15(2)24(31)28-23-14-22(20-10-7-16(3)8-11-20)29-30(26(23)33)19(6)25(32)27-21-12-9-17(4)13-18(21)5/h7-15,19H,1-6H3,(H,27,32)(H,28,31). The summed E-state index contributed by atoms with van der Waals surface area (Å²) in [6.07, 6.45) is 0. The Hall–Kier alpha value is -3.74. The number of hydrogen-bond acceptors (Lipinski definition) is 4. The van der Waals surface area contributed by atoms with Gasteiger partial charge in [-0.05, 0) is 45.4 Å². The molecule has 1 atom stereocenters. The molecule has 1 aromatic heterocycles. The fraction of sp³-hybridized carbons (Fsp3) is 0.308. The molecule has 2 N–H and O–H groups in total. The van der Waals surface area contributed by atoms with Crippen LogP contribution in [0.3, 0.4) is 0 Å². The maximum Gasteiger partial charge on any atom is 0.291 e. The Kier molecular flexibility index (Phi) is 7.11. The molecular weight excluding hydrogens is 416 g/mol. The molecule has 0 saturated heterocycles. The first-order valence-electron chi connectivity index (χ1n) is 11.0. The average Bonchev–Trinajstić information content (AvgIpc) is 2.77. The minimum atomic E-state index is -0.904. The van der Waals surface area contributed by atoms with Crippen molar-refractivity contribution in [3.8, 4) is 11.3 Å². The quantitative estimate of drug-likeness (QED) is 0.577. The van der Waals surface area contributed by atoms with E-state index in [9.17, 15) is 14.4 Å². The molecule has 0 bridgehead atoms. The lowest BCUT2D eigenvalue weighted by Crippen LogP contribution is -2.36. The highest BCUT2D eigenvalue weighted by atomic mass is 16.2. The van der Waals surface area contributed by atoms with Gasteiger partial charge in [-0.15, -0.1) is 0 Å².